The fraction of sp³-hybridized carbons (Fsp3) is 0.346. The van der Waals surface area contributed by atoms with Crippen LogP contribution in [-0.4, -0.2) is 61.9 Å². The highest BCUT2D eigenvalue weighted by Gasteiger charge is 2.37. The van der Waals surface area contributed by atoms with Gasteiger partial charge >= 0.3 is 0 Å². The van der Waals surface area contributed by atoms with Crippen LogP contribution < -0.4 is 20.7 Å². The number of amides is 1. The summed E-state index contributed by atoms with van der Waals surface area (Å²) >= 11 is 0. The molecule has 1 aliphatic rings. The largest absolute Gasteiger partial charge is 0.481 e. The van der Waals surface area contributed by atoms with Gasteiger partial charge in [0.2, 0.25) is 11.8 Å². The Balaban J connectivity index is 0.00000353. The van der Waals surface area contributed by atoms with Crippen molar-refractivity contribution < 1.29 is 9.53 Å². The van der Waals surface area contributed by atoms with E-state index in [0.717, 1.165) is 18.8 Å². The highest BCUT2D eigenvalue weighted by Crippen LogP contribution is 2.34. The molecule has 1 saturated heterocycles. The van der Waals surface area contributed by atoms with E-state index in [1.165, 1.54) is 0 Å². The summed E-state index contributed by atoms with van der Waals surface area (Å²) in [5, 5.41) is 25.7. The number of hydrogen-bond donors (Lipinski definition) is 2. The number of nitrogens with zero attached hydrogens (tertiary/aromatic N) is 8. The molecule has 0 unspecified atom stereocenters. The molecule has 12 nitrogen and oxygen atoms in total. The van der Waals surface area contributed by atoms with Gasteiger partial charge in [-0.05, 0) is 24.6 Å². The van der Waals surface area contributed by atoms with Gasteiger partial charge in [-0.1, -0.05) is 19.9 Å². The number of primary amides is 1. The van der Waals surface area contributed by atoms with Crippen molar-refractivity contribution in [2.24, 2.45) is 11.1 Å². The second-order valence-corrected chi connectivity index (χ2v) is 9.92. The number of nitriles is 1. The van der Waals surface area contributed by atoms with Crippen molar-refractivity contribution in [3.05, 3.63) is 53.9 Å². The molecule has 1 aliphatic heterocycles. The van der Waals surface area contributed by atoms with Crippen molar-refractivity contribution in [3.63, 3.8) is 0 Å². The average molecular weight is 549 g/mol. The molecular formula is C26H29ClN10O2. The lowest BCUT2D eigenvalue weighted by Gasteiger charge is -2.45. The van der Waals surface area contributed by atoms with E-state index in [4.69, 9.17) is 20.8 Å². The molecule has 4 aromatic rings. The molecule has 0 bridgehead atoms. The molecule has 13 heteroatoms. The van der Waals surface area contributed by atoms with Gasteiger partial charge in [-0.25, -0.2) is 9.97 Å². The number of fused-ring (bicyclic) bond motifs is 1. The smallest absolute Gasteiger partial charge is 0.222 e. The summed E-state index contributed by atoms with van der Waals surface area (Å²) in [4.78, 5) is 23.1. The third-order valence-corrected chi connectivity index (χ3v) is 6.75. The Morgan fingerprint density at radius 2 is 2.08 bits per heavy atom. The maximum atomic E-state index is 11.9. The molecule has 39 heavy (non-hydrogen) atoms. The van der Waals surface area contributed by atoms with Gasteiger partial charge in [0.15, 0.2) is 17.2 Å². The number of ether oxygens (including phenoxy) is 1. The molecule has 4 aromatic heterocycles. The number of rotatable bonds is 7. The minimum atomic E-state index is -0.454. The Kier molecular flexibility index (Phi) is 7.83. The zero-order valence-electron chi connectivity index (χ0n) is 21.8. The monoisotopic (exact) mass is 548 g/mol. The Bertz CT molecular complexity index is 1530. The number of nitrogens with one attached hydrogen (secondary N) is 1. The normalized spacial score (nSPS) is 16.3. The van der Waals surface area contributed by atoms with Crippen molar-refractivity contribution >= 4 is 35.6 Å². The van der Waals surface area contributed by atoms with Crippen LogP contribution in [-0.2, 0) is 11.2 Å². The van der Waals surface area contributed by atoms with E-state index in [2.05, 4.69) is 44.2 Å². The first-order valence-corrected chi connectivity index (χ1v) is 12.2. The zero-order valence-corrected chi connectivity index (χ0v) is 22.6. The van der Waals surface area contributed by atoms with Gasteiger partial charge in [0.05, 0.1) is 19.2 Å². The molecule has 0 aromatic carbocycles. The summed E-state index contributed by atoms with van der Waals surface area (Å²) in [5.74, 6) is 1.44. The predicted octanol–water partition coefficient (Wildman–Crippen LogP) is 2.63. The van der Waals surface area contributed by atoms with Crippen LogP contribution in [0.25, 0.3) is 17.0 Å². The minimum absolute atomic E-state index is 0. The number of aromatic nitrogens is 6. The first-order chi connectivity index (χ1) is 18.3. The molecule has 0 saturated carbocycles. The summed E-state index contributed by atoms with van der Waals surface area (Å²) in [6.07, 6.45) is 2.49. The second-order valence-electron chi connectivity index (χ2n) is 9.92. The second kappa shape index (κ2) is 11.1. The number of methoxy groups -OCH3 is 1. The Labute approximate surface area is 231 Å². The van der Waals surface area contributed by atoms with Gasteiger partial charge in [0, 0.05) is 48.4 Å². The molecule has 0 aliphatic carbocycles. The van der Waals surface area contributed by atoms with Crippen LogP contribution in [0.5, 0.6) is 5.88 Å². The highest BCUT2D eigenvalue weighted by atomic mass is 35.5. The maximum absolute atomic E-state index is 11.9. The van der Waals surface area contributed by atoms with Crippen molar-refractivity contribution in [3.8, 4) is 23.3 Å². The van der Waals surface area contributed by atoms with Crippen molar-refractivity contribution in [1.82, 2.24) is 29.8 Å². The molecule has 1 amide bonds. The molecule has 5 heterocycles. The van der Waals surface area contributed by atoms with E-state index in [1.54, 1.807) is 30.0 Å². The number of piperidine rings is 1. The number of hydrogen-bond acceptors (Lipinski definition) is 10. The van der Waals surface area contributed by atoms with Gasteiger partial charge in [0.25, 0.3) is 0 Å². The SMILES string of the molecule is COc1cccc(-c2cc3ncc(CC(N)=O)c(N[C@@H]4CCN(c5ccc(C#N)nn5)CC4(C)C)n3n2)n1.Cl. The summed E-state index contributed by atoms with van der Waals surface area (Å²) in [7, 11) is 1.57. The van der Waals surface area contributed by atoms with Gasteiger partial charge in [0.1, 0.15) is 17.6 Å². The van der Waals surface area contributed by atoms with E-state index in [1.807, 2.05) is 30.3 Å². The first kappa shape index (κ1) is 27.5. The van der Waals surface area contributed by atoms with Gasteiger partial charge in [-0.15, -0.1) is 22.6 Å². The lowest BCUT2D eigenvalue weighted by Crippen LogP contribution is -2.52. The van der Waals surface area contributed by atoms with Crippen molar-refractivity contribution in [2.75, 3.05) is 30.4 Å². The molecule has 5 rings (SSSR count). The van der Waals surface area contributed by atoms with Crippen LogP contribution in [0.4, 0.5) is 11.6 Å². The maximum Gasteiger partial charge on any atom is 0.222 e. The molecule has 0 spiro atoms. The summed E-state index contributed by atoms with van der Waals surface area (Å²) in [6, 6.07) is 12.9. The number of carbonyl (C=O) groups excluding carboxylic acids is 1. The topological polar surface area (TPSA) is 160 Å². The minimum Gasteiger partial charge on any atom is -0.481 e. The quantitative estimate of drug-likeness (QED) is 0.351. The van der Waals surface area contributed by atoms with Crippen LogP contribution in [0.15, 0.2) is 42.6 Å². The average Bonchev–Trinajstić information content (AvgIpc) is 3.35. The standard InChI is InChI=1S/C26H28N10O2.ClH/c1-26(2)15-35(22-8-7-17(13-27)32-33-22)10-9-20(26)31-25-16(11-21(28)37)14-29-23-12-19(34-36(23)25)18-5-4-6-24(30-18)38-3;/h4-8,12,14,20,31H,9-11,15H2,1-3H3,(H2,28,37);1H/t20-;/m1./s1. The fourth-order valence-electron chi connectivity index (χ4n) is 4.77. The first-order valence-electron chi connectivity index (χ1n) is 12.2. The highest BCUT2D eigenvalue weighted by molar-refractivity contribution is 5.85. The van der Waals surface area contributed by atoms with E-state index in [0.29, 0.717) is 40.8 Å². The molecule has 1 atom stereocenters. The van der Waals surface area contributed by atoms with Gasteiger partial charge in [-0.3, -0.25) is 4.79 Å². The lowest BCUT2D eigenvalue weighted by molar-refractivity contribution is -0.117. The molecule has 0 radical (unpaired) electrons. The van der Waals surface area contributed by atoms with Crippen LogP contribution in [0.2, 0.25) is 0 Å². The van der Waals surface area contributed by atoms with E-state index >= 15 is 0 Å². The number of halogens is 1. The van der Waals surface area contributed by atoms with E-state index < -0.39 is 5.91 Å². The summed E-state index contributed by atoms with van der Waals surface area (Å²) in [6.45, 7) is 5.80. The Hall–Kier alpha value is -4.50. The third-order valence-electron chi connectivity index (χ3n) is 6.75. The van der Waals surface area contributed by atoms with Crippen LogP contribution in [0.1, 0.15) is 31.5 Å². The van der Waals surface area contributed by atoms with Crippen LogP contribution in [0.3, 0.4) is 0 Å². The Morgan fingerprint density at radius 3 is 2.74 bits per heavy atom. The number of anilines is 2. The Morgan fingerprint density at radius 1 is 1.26 bits per heavy atom. The molecule has 3 N–H and O–H groups in total. The van der Waals surface area contributed by atoms with Crippen LogP contribution >= 0.6 is 12.4 Å². The zero-order chi connectivity index (χ0) is 26.9. The third kappa shape index (κ3) is 5.68. The number of carbonyl (C=O) groups is 1. The summed E-state index contributed by atoms with van der Waals surface area (Å²) in [5.41, 5.74) is 8.21. The van der Waals surface area contributed by atoms with Gasteiger partial charge < -0.3 is 20.7 Å². The van der Waals surface area contributed by atoms with Gasteiger partial charge in [-0.2, -0.15) is 14.9 Å². The predicted molar refractivity (Wildman–Crippen MR) is 148 cm³/mol. The number of pyridine rings is 1. The summed E-state index contributed by atoms with van der Waals surface area (Å²) < 4.78 is 6.97. The van der Waals surface area contributed by atoms with Crippen molar-refractivity contribution in [1.29, 1.82) is 5.26 Å². The number of nitrogens with two attached hydrogens (primary N) is 1. The van der Waals surface area contributed by atoms with E-state index in [9.17, 15) is 4.79 Å². The van der Waals surface area contributed by atoms with Crippen LogP contribution in [0, 0.1) is 16.7 Å². The van der Waals surface area contributed by atoms with E-state index in [-0.39, 0.29) is 36.0 Å². The lowest BCUT2D eigenvalue weighted by atomic mass is 9.79. The molecule has 202 valence electrons. The molecular weight excluding hydrogens is 520 g/mol. The molecule has 1 fully saturated rings. The fourth-order valence-corrected chi connectivity index (χ4v) is 4.77. The van der Waals surface area contributed by atoms with Crippen molar-refractivity contribution in [2.45, 2.75) is 32.7 Å².